The van der Waals surface area contributed by atoms with Crippen molar-refractivity contribution in [1.82, 2.24) is 4.98 Å². The molecule has 16 heteroatoms. The molecule has 0 aliphatic rings. The summed E-state index contributed by atoms with van der Waals surface area (Å²) in [7, 11) is 0. The number of carbonyl (C=O) groups excluding carboxylic acids is 8. The minimum absolute atomic E-state index is 0. The van der Waals surface area contributed by atoms with Crippen molar-refractivity contribution >= 4 is 144 Å². The Hall–Kier alpha value is -12.7. The number of rotatable bonds is 15. The van der Waals surface area contributed by atoms with Crippen molar-refractivity contribution in [3.8, 4) is 11.3 Å². The minimum atomic E-state index is -1.02. The Morgan fingerprint density at radius 3 is 1.09 bits per heavy atom. The number of nitrogens with two attached hydrogens (primary N) is 1. The molecule has 15 aromatic rings. The molecule has 0 bridgehead atoms. The standard InChI is InChI=1S/2C15H14O3.C14H12N2O.C13H11BrO.2C13H12O2.C13H12O.CH4/c1-10(18-11(2)16)15(17)14-9-5-7-12-6-3-4-8-13(12)14;1-10(16)15(18-11(2)17)14-9-5-7-12-6-3-4-8-13(12)14;1-9-13(17-14(15)16-9)12-8-4-6-10-5-2-3-7-11(10)12;3*1-9(14)13(15)12-8-4-6-10-5-2-3-7-11(10)12;1-2-13(14)12-9-5-7-10-6-3-4-8-11(10)12;/h3-10H,1-2H3;3-9,15H,1-2H3;2-8H,1H3,(H2,15,16);2-9H,1H3;2-8,13,15H,1H3;2-9,14H,1H3;3-9H,2H2,1H3;1H4. The third kappa shape index (κ3) is 22.5. The number of nitrogens with zero attached hydrogens (tertiary/aromatic N) is 1. The number of aliphatic hydroxyl groups excluding tert-OH is 2. The number of oxazole rings is 1. The molecule has 0 saturated heterocycles. The summed E-state index contributed by atoms with van der Waals surface area (Å²) in [5.41, 5.74) is 11.6. The average molecular weight is 1570 g/mol. The van der Waals surface area contributed by atoms with Crippen LogP contribution < -0.4 is 5.73 Å². The number of aliphatic hydroxyl groups is 2. The quantitative estimate of drug-likeness (QED) is 0.0490. The maximum absolute atomic E-state index is 12.2. The second-order valence-corrected chi connectivity index (χ2v) is 27.6. The van der Waals surface area contributed by atoms with Gasteiger partial charge in [-0.15, -0.1) is 0 Å². The first-order chi connectivity index (χ1) is 53.9. The van der Waals surface area contributed by atoms with Crippen LogP contribution in [0.5, 0.6) is 0 Å². The SMILES string of the molecule is C.CC(=O)C(O)c1cccc2ccccc12.CC(=O)OC(C(C)=O)c1cccc2ccccc12.CC(=O)OC(C)C(=O)c1cccc2ccccc12.CC(Br)C(=O)c1cccc2ccccc12.CC(O)C(=O)c1cccc2ccccc12.CCC(=O)c1cccc2ccccc12.Cc1nc(N)oc1-c1cccc2ccccc12. The molecule has 0 spiro atoms. The lowest BCUT2D eigenvalue weighted by Crippen LogP contribution is -2.23. The van der Waals surface area contributed by atoms with Crippen LogP contribution in [0.4, 0.5) is 6.01 Å². The molecular formula is C97H91BrN2O13. The predicted molar refractivity (Wildman–Crippen MR) is 459 cm³/mol. The van der Waals surface area contributed by atoms with E-state index < -0.39 is 36.4 Å². The highest BCUT2D eigenvalue weighted by molar-refractivity contribution is 9.10. The van der Waals surface area contributed by atoms with E-state index in [-0.39, 0.29) is 53.0 Å². The molecule has 15 rings (SSSR count). The number of ketones is 6. The lowest BCUT2D eigenvalue weighted by atomic mass is 9.98. The fourth-order valence-corrected chi connectivity index (χ4v) is 13.0. The molecule has 0 aliphatic carbocycles. The zero-order valence-corrected chi connectivity index (χ0v) is 65.3. The van der Waals surface area contributed by atoms with Crippen LogP contribution in [0.3, 0.4) is 0 Å². The minimum Gasteiger partial charge on any atom is -0.454 e. The monoisotopic (exact) mass is 1570 g/mol. The highest BCUT2D eigenvalue weighted by Crippen LogP contribution is 2.34. The van der Waals surface area contributed by atoms with E-state index in [1.165, 1.54) is 40.0 Å². The Morgan fingerprint density at radius 1 is 0.398 bits per heavy atom. The largest absolute Gasteiger partial charge is 0.454 e. The highest BCUT2D eigenvalue weighted by Gasteiger charge is 2.24. The molecule has 113 heavy (non-hydrogen) atoms. The van der Waals surface area contributed by atoms with Crippen molar-refractivity contribution in [3.63, 3.8) is 0 Å². The van der Waals surface area contributed by atoms with Crippen molar-refractivity contribution in [2.45, 2.75) is 105 Å². The van der Waals surface area contributed by atoms with Crippen molar-refractivity contribution in [3.05, 3.63) is 336 Å². The fourth-order valence-electron chi connectivity index (χ4n) is 12.7. The van der Waals surface area contributed by atoms with E-state index in [0.29, 0.717) is 23.1 Å². The molecule has 0 amide bonds. The predicted octanol–water partition coefficient (Wildman–Crippen LogP) is 22.1. The van der Waals surface area contributed by atoms with Gasteiger partial charge in [0.25, 0.3) is 6.01 Å². The van der Waals surface area contributed by atoms with Gasteiger partial charge in [0.05, 0.1) is 10.5 Å². The summed E-state index contributed by atoms with van der Waals surface area (Å²) >= 11 is 3.31. The third-order valence-corrected chi connectivity index (χ3v) is 18.6. The number of carbonyl (C=O) groups is 8. The Balaban J connectivity index is 0.000000165. The number of Topliss-reactive ketones (excluding diaryl/α,β-unsaturated/α-hetero) is 6. The maximum Gasteiger partial charge on any atom is 0.303 e. The third-order valence-electron chi connectivity index (χ3n) is 18.1. The summed E-state index contributed by atoms with van der Waals surface area (Å²) in [5, 5.41) is 33.4. The van der Waals surface area contributed by atoms with Crippen LogP contribution in [0, 0.1) is 6.92 Å². The average Bonchev–Trinajstić information content (AvgIpc) is 1.72. The molecule has 1 aromatic heterocycles. The van der Waals surface area contributed by atoms with Gasteiger partial charge >= 0.3 is 11.9 Å². The summed E-state index contributed by atoms with van der Waals surface area (Å²) in [4.78, 5) is 96.2. The lowest BCUT2D eigenvalue weighted by Gasteiger charge is -2.16. The molecule has 574 valence electrons. The number of aryl methyl sites for hydroxylation is 1. The van der Waals surface area contributed by atoms with E-state index in [4.69, 9.17) is 19.6 Å². The summed E-state index contributed by atoms with van der Waals surface area (Å²) in [6, 6.07) is 95.2. The number of fused-ring (bicyclic) bond motifs is 7. The molecule has 0 fully saturated rings. The number of alkyl halides is 1. The lowest BCUT2D eigenvalue weighted by molar-refractivity contribution is -0.152. The molecule has 4 N–H and O–H groups in total. The van der Waals surface area contributed by atoms with E-state index in [9.17, 15) is 48.6 Å². The molecular weight excluding hydrogens is 1480 g/mol. The molecule has 5 atom stereocenters. The Kier molecular flexibility index (Phi) is 31.4. The maximum atomic E-state index is 12.2. The number of hydrogen-bond donors (Lipinski definition) is 3. The molecule has 15 nitrogen and oxygen atoms in total. The van der Waals surface area contributed by atoms with Gasteiger partial charge in [0, 0.05) is 53.6 Å². The first kappa shape index (κ1) is 85.9. The Bertz CT molecular complexity index is 5750. The Labute approximate surface area is 666 Å². The van der Waals surface area contributed by atoms with Crippen molar-refractivity contribution < 1.29 is 62.5 Å². The first-order valence-corrected chi connectivity index (χ1v) is 37.4. The summed E-state index contributed by atoms with van der Waals surface area (Å²) in [5.74, 6) is -0.631. The van der Waals surface area contributed by atoms with Crippen LogP contribution in [0.15, 0.2) is 302 Å². The molecule has 0 saturated carbocycles. The topological polar surface area (TPSA) is 248 Å². The van der Waals surface area contributed by atoms with Crippen LogP contribution in [0.1, 0.15) is 140 Å². The summed E-state index contributed by atoms with van der Waals surface area (Å²) < 4.78 is 15.5. The number of nitrogen functional groups attached to an aromatic ring is 1. The van der Waals surface area contributed by atoms with Gasteiger partial charge in [-0.1, -0.05) is 328 Å². The van der Waals surface area contributed by atoms with Crippen LogP contribution in [-0.4, -0.2) is 78.9 Å². The van der Waals surface area contributed by atoms with E-state index >= 15 is 0 Å². The van der Waals surface area contributed by atoms with Crippen molar-refractivity contribution in [2.24, 2.45) is 0 Å². The van der Waals surface area contributed by atoms with E-state index in [1.807, 2.05) is 282 Å². The van der Waals surface area contributed by atoms with Gasteiger partial charge in [-0.25, -0.2) is 0 Å². The number of benzene rings is 14. The summed E-state index contributed by atoms with van der Waals surface area (Å²) in [6.45, 7) is 14.1. The molecule has 0 radical (unpaired) electrons. The Morgan fingerprint density at radius 2 is 0.717 bits per heavy atom. The van der Waals surface area contributed by atoms with Gasteiger partial charge < -0.3 is 29.8 Å². The number of esters is 2. The van der Waals surface area contributed by atoms with Crippen LogP contribution in [0.2, 0.25) is 0 Å². The van der Waals surface area contributed by atoms with Gasteiger partial charge in [0.15, 0.2) is 46.9 Å². The van der Waals surface area contributed by atoms with Crippen molar-refractivity contribution in [2.75, 3.05) is 5.73 Å². The van der Waals surface area contributed by atoms with Crippen LogP contribution >= 0.6 is 15.9 Å². The second-order valence-electron chi connectivity index (χ2n) is 26.3. The first-order valence-electron chi connectivity index (χ1n) is 36.5. The molecule has 0 aliphatic heterocycles. The normalized spacial score (nSPS) is 11.8. The molecule has 5 unspecified atom stereocenters. The van der Waals surface area contributed by atoms with Gasteiger partial charge in [0.2, 0.25) is 5.78 Å². The van der Waals surface area contributed by atoms with Gasteiger partial charge in [-0.2, -0.15) is 4.98 Å². The van der Waals surface area contributed by atoms with Crippen molar-refractivity contribution in [1.29, 1.82) is 0 Å². The van der Waals surface area contributed by atoms with E-state index in [1.54, 1.807) is 25.1 Å². The van der Waals surface area contributed by atoms with Gasteiger partial charge in [-0.3, -0.25) is 38.4 Å². The van der Waals surface area contributed by atoms with Crippen LogP contribution in [-0.2, 0) is 28.7 Å². The van der Waals surface area contributed by atoms with E-state index in [2.05, 4.69) is 39.1 Å². The molecule has 1 heterocycles. The fraction of sp³-hybridized carbons (Fsp3) is 0.165. The number of ether oxygens (including phenoxy) is 2. The molecule has 14 aromatic carbocycles. The van der Waals surface area contributed by atoms with E-state index in [0.717, 1.165) is 104 Å². The number of hydrogen-bond acceptors (Lipinski definition) is 15. The second kappa shape index (κ2) is 41.3. The highest BCUT2D eigenvalue weighted by atomic mass is 79.9. The summed E-state index contributed by atoms with van der Waals surface area (Å²) in [6.07, 6.45) is -2.98. The zero-order chi connectivity index (χ0) is 80.5. The van der Waals surface area contributed by atoms with Crippen LogP contribution in [0.25, 0.3) is 86.7 Å². The smallest absolute Gasteiger partial charge is 0.303 e. The number of aromatic nitrogens is 1. The van der Waals surface area contributed by atoms with Gasteiger partial charge in [0.1, 0.15) is 12.2 Å². The number of halogens is 1. The zero-order valence-electron chi connectivity index (χ0n) is 63.7. The van der Waals surface area contributed by atoms with Gasteiger partial charge in [-0.05, 0) is 123 Å². The number of anilines is 1.